The second-order valence-corrected chi connectivity index (χ2v) is 31.7. The van der Waals surface area contributed by atoms with Crippen LogP contribution in [0.25, 0.3) is 55.6 Å². The number of aliphatic hydroxyl groups excluding tert-OH is 10. The van der Waals surface area contributed by atoms with Gasteiger partial charge in [-0.05, 0) is 98.7 Å². The van der Waals surface area contributed by atoms with Crippen LogP contribution in [0, 0.1) is 67.0 Å². The van der Waals surface area contributed by atoms with Gasteiger partial charge in [0, 0.05) is 39.3 Å². The van der Waals surface area contributed by atoms with Gasteiger partial charge in [0.1, 0.15) is 83.1 Å². The number of alkyl halides is 5. The zero-order valence-electron chi connectivity index (χ0n) is 61.5. The van der Waals surface area contributed by atoms with Crippen LogP contribution in [0.2, 0.25) is 0 Å². The van der Waals surface area contributed by atoms with Crippen LogP contribution < -0.4 is 45.3 Å². The van der Waals surface area contributed by atoms with Crippen molar-refractivity contribution in [2.24, 2.45) is 0 Å². The van der Waals surface area contributed by atoms with Gasteiger partial charge in [0.05, 0.1) is 61.1 Å². The van der Waals surface area contributed by atoms with Crippen molar-refractivity contribution >= 4 is 214 Å². The lowest BCUT2D eigenvalue weighted by atomic mass is 9.97. The van der Waals surface area contributed by atoms with Crippen molar-refractivity contribution < 1.29 is 79.1 Å². The van der Waals surface area contributed by atoms with E-state index < -0.39 is 170 Å². The number of imidazole rings is 3. The summed E-state index contributed by atoms with van der Waals surface area (Å²) in [6.07, 6.45) is -14.3. The Bertz CT molecular complexity index is 5810. The Morgan fingerprint density at radius 1 is 0.450 bits per heavy atom. The monoisotopic (exact) mass is 1880 g/mol. The molecular weight excluding hydrogens is 1820 g/mol. The molecule has 5 aliphatic rings. The van der Waals surface area contributed by atoms with Crippen LogP contribution in [-0.4, -0.2) is 255 Å². The number of rotatable bonds is 10. The highest BCUT2D eigenvalue weighted by molar-refractivity contribution is 7.71. The van der Waals surface area contributed by atoms with E-state index in [1.54, 1.807) is 0 Å². The second-order valence-electron chi connectivity index (χ2n) is 27.2. The third-order valence-corrected chi connectivity index (χ3v) is 22.6. The Morgan fingerprint density at radius 3 is 1.23 bits per heavy atom. The molecule has 15 heterocycles. The van der Waals surface area contributed by atoms with E-state index >= 15 is 0 Å². The maximum absolute atomic E-state index is 14.2. The van der Waals surface area contributed by atoms with E-state index in [0.717, 1.165) is 10.8 Å². The summed E-state index contributed by atoms with van der Waals surface area (Å²) in [7, 11) is 0. The summed E-state index contributed by atoms with van der Waals surface area (Å²) < 4.78 is 49.7. The molecule has 0 saturated carbocycles. The average Bonchev–Trinajstić information content (AvgIpc) is 1.58. The largest absolute Gasteiger partial charge is 0.391 e. The molecule has 5 aliphatic heterocycles. The molecule has 0 aliphatic carbocycles. The molecule has 5 unspecified atom stereocenters. The lowest BCUT2D eigenvalue weighted by molar-refractivity contribution is -0.0752. The normalized spacial score (nSPS) is 31.0. The average molecular weight is 1890 g/mol. The minimum absolute atomic E-state index is 0.0145. The Hall–Kier alpha value is -8.46. The van der Waals surface area contributed by atoms with Crippen molar-refractivity contribution in [2.75, 3.05) is 28.7 Å². The molecule has 0 radical (unpaired) electrons. The third-order valence-electron chi connectivity index (χ3n) is 19.3. The van der Waals surface area contributed by atoms with Crippen LogP contribution in [0.4, 0.5) is 34.1 Å². The number of nitrogens with one attached hydrogen (secondary N) is 4. The molecule has 53 heteroatoms. The zero-order valence-corrected chi connectivity index (χ0v) is 69.9. The maximum atomic E-state index is 14.2. The van der Waals surface area contributed by atoms with Gasteiger partial charge in [-0.25, -0.2) is 29.3 Å². The molecule has 0 spiro atoms. The minimum Gasteiger partial charge on any atom is -0.391 e. The van der Waals surface area contributed by atoms with Gasteiger partial charge in [0.2, 0.25) is 23.8 Å². The van der Waals surface area contributed by atoms with Gasteiger partial charge in [0.25, 0.3) is 16.7 Å². The molecule has 0 bridgehead atoms. The molecule has 640 valence electrons. The van der Waals surface area contributed by atoms with Crippen LogP contribution >= 0.6 is 128 Å². The highest BCUT2D eigenvalue weighted by atomic mass is 35.5. The summed E-state index contributed by atoms with van der Waals surface area (Å²) in [6.45, 7) is 7.24. The lowest BCUT2D eigenvalue weighted by Crippen LogP contribution is -2.43. The number of H-pyrrole nitrogens is 4. The van der Waals surface area contributed by atoms with E-state index in [2.05, 4.69) is 121 Å². The van der Waals surface area contributed by atoms with Gasteiger partial charge in [-0.15, -0.1) is 0 Å². The van der Waals surface area contributed by atoms with Crippen LogP contribution in [-0.2, 0) is 23.7 Å². The van der Waals surface area contributed by atoms with Crippen molar-refractivity contribution in [2.45, 2.75) is 182 Å². The molecule has 0 amide bonds. The number of aliphatic hydroxyl groups is 10. The summed E-state index contributed by atoms with van der Waals surface area (Å²) in [4.78, 5) is 73.3. The summed E-state index contributed by atoms with van der Waals surface area (Å²) in [5.74, 6) is 11.3. The number of nitrogens with two attached hydrogens (primary N) is 5. The van der Waals surface area contributed by atoms with Gasteiger partial charge in [-0.3, -0.25) is 47.6 Å². The van der Waals surface area contributed by atoms with Gasteiger partial charge in [-0.1, -0.05) is 99.8 Å². The number of anilines is 5. The van der Waals surface area contributed by atoms with E-state index in [-0.39, 0.29) is 67.6 Å². The fourth-order valence-corrected chi connectivity index (χ4v) is 16.5. The summed E-state index contributed by atoms with van der Waals surface area (Å²) in [6, 6.07) is 1.51. The van der Waals surface area contributed by atoms with E-state index in [4.69, 9.17) is 181 Å². The number of hydrogen-bond donors (Lipinski definition) is 19. The van der Waals surface area contributed by atoms with E-state index in [9.17, 15) is 69.8 Å². The fourth-order valence-electron chi connectivity index (χ4n) is 13.6. The highest BCUT2D eigenvalue weighted by Gasteiger charge is 2.62. The predicted octanol–water partition coefficient (Wildman–Crippen LogP) is 1.02. The molecule has 25 atom stereocenters. The molecule has 5 saturated heterocycles. The maximum Gasteiger partial charge on any atom is 0.280 e. The first-order chi connectivity index (χ1) is 56.5. The van der Waals surface area contributed by atoms with Gasteiger partial charge >= 0.3 is 0 Å². The summed E-state index contributed by atoms with van der Waals surface area (Å²) >= 11 is 64.9. The molecular formula is C67H66Cl10FN23O18S. The molecule has 15 rings (SSSR count). The zero-order chi connectivity index (χ0) is 88.2. The highest BCUT2D eigenvalue weighted by Crippen LogP contribution is 2.51. The third kappa shape index (κ3) is 16.9. The van der Waals surface area contributed by atoms with E-state index in [1.165, 1.54) is 90.3 Å². The minimum atomic E-state index is -1.82. The van der Waals surface area contributed by atoms with Gasteiger partial charge in [0.15, 0.2) is 100 Å². The molecule has 10 aromatic heterocycles. The SMILES string of the molecule is C[C@@H](O)[C@H]1O[C@@H](n2cc(F)c3c(=O)[nH]c(N)nc32)C(Cl)(C#CCl)[C@H]1O.C[C@@H](O)[C@H]1O[C@@H](n2ccc3c(=O)[nH]c(N)nc32)C(Cl)(C#CCl)[C@H]1O.C[C@@H](O)[C@H]1O[C@@H](n2cnc3c(=O)[nH]c(N)nc32)C(Cl)(C#CCl)[C@H]1O.C[C@@H](O)[C@H]1O[C@@H](n2cnc3c(=S)nc(N)[nH]c32)C(Cl)(C#CCl)[C@H]1O.C[C@@H](O)[C@H]1O[C@@H](n2cnc3cnc(N)nc32)C(Cl)(C#CCl)[C@H]1O. The predicted molar refractivity (Wildman–Crippen MR) is 438 cm³/mol. The smallest absolute Gasteiger partial charge is 0.280 e. The molecule has 120 heavy (non-hydrogen) atoms. The van der Waals surface area contributed by atoms with Gasteiger partial charge in [-0.2, -0.15) is 19.9 Å². The standard InChI is InChI=1S/C14H13Cl2FN4O4.C14H14Cl2N4O4.C13H13Cl2N5O4.C13H13Cl2N5O3S.C13H13Cl2N5O3/c1-5(22)8-9(23)14(16,2-3-15)12(25-8)21-4-6(17)7-10(21)19-13(18)20-11(7)24;1-6(21)8-9(22)14(16,3-4-15)12(24-8)20-5-2-7-10(20)18-13(17)19-11(7)23;1-5(21)7-8(22)13(15,2-3-14)11(24-7)20-4-17-6-9(20)18-12(16)19-10(6)23;1-5(21)7-8(22)13(15,2-3-14)11(23-7)20-4-17-6-9(20)18-12(16)19-10(6)24;1-6(21)8-9(22)13(15,2-3-14)11(23-8)20-5-18-7-4-17-12(16)19-10(7)20/h4-5,8-9,12,22-23H,1H3,(H3,18,19,20,24);2,5-6,8-9,12,21-22H,1H3,(H3,17,18,19,23);4-5,7-8,11,21-22H,1H3,(H3,16,18,19,23);4-5,7-8,11,21-22H,1H3,(H3,16,18,19,24);4-6,8-9,11,21-22H,1H3,(H2,16,17,19)/t5-,8-,9+,12-,14?;6-,8-,9+,12-,14?;2*5-,7-,8+,11-,13?;6-,8-,9+,11-,13?/m11111/s1. The molecule has 10 aromatic rings. The molecule has 41 nitrogen and oxygen atoms in total. The van der Waals surface area contributed by atoms with Gasteiger partial charge < -0.3 is 113 Å². The number of hydrogen-bond acceptors (Lipinski definition) is 33. The van der Waals surface area contributed by atoms with Crippen molar-refractivity contribution in [3.8, 4) is 56.5 Å². The number of ether oxygens (including phenoxy) is 5. The number of nitrogen functional groups attached to an aromatic ring is 5. The summed E-state index contributed by atoms with van der Waals surface area (Å²) in [5, 5.41) is 112. The first kappa shape index (κ1) is 92.3. The van der Waals surface area contributed by atoms with Crippen molar-refractivity contribution in [3.05, 3.63) is 85.2 Å². The van der Waals surface area contributed by atoms with E-state index in [1.807, 2.05) is 0 Å². The van der Waals surface area contributed by atoms with E-state index in [0.29, 0.717) is 22.3 Å². The van der Waals surface area contributed by atoms with Crippen LogP contribution in [0.15, 0.2) is 58.0 Å². The van der Waals surface area contributed by atoms with Crippen molar-refractivity contribution in [1.29, 1.82) is 0 Å². The Labute approximate surface area is 727 Å². The number of fused-ring (bicyclic) bond motifs is 5. The topological polar surface area (TPSA) is 634 Å². The molecule has 0 aromatic carbocycles. The fraction of sp³-hybridized carbons (Fsp3) is 0.448. The first-order valence-corrected chi connectivity index (χ1v) is 38.6. The Kier molecular flexibility index (Phi) is 27.8. The van der Waals surface area contributed by atoms with Crippen molar-refractivity contribution in [3.63, 3.8) is 0 Å². The van der Waals surface area contributed by atoms with Crippen LogP contribution in [0.5, 0.6) is 0 Å². The first-order valence-electron chi connectivity index (χ1n) is 34.4. The number of halogens is 11. The molecule has 5 fully saturated rings. The molecule has 24 N–H and O–H groups in total. The number of aromatic nitrogens is 18. The lowest BCUT2D eigenvalue weighted by Gasteiger charge is -2.25. The Morgan fingerprint density at radius 2 is 0.800 bits per heavy atom. The second kappa shape index (κ2) is 36.2. The van der Waals surface area contributed by atoms with Crippen molar-refractivity contribution in [1.82, 2.24) is 87.6 Å². The number of aromatic amines is 4. The summed E-state index contributed by atoms with van der Waals surface area (Å²) in [5.41, 5.74) is 28.0. The van der Waals surface area contributed by atoms with Crippen LogP contribution in [0.3, 0.4) is 0 Å². The quantitative estimate of drug-likeness (QED) is 0.0516. The number of nitrogens with zero attached hydrogens (tertiary/aromatic N) is 14. The van der Waals surface area contributed by atoms with Crippen LogP contribution in [0.1, 0.15) is 65.8 Å². The Balaban J connectivity index is 0.000000147.